The highest BCUT2D eigenvalue weighted by Gasteiger charge is 2.47. The Hall–Kier alpha value is -7.32. The SMILES string of the molecule is CC1(C)c2ccccc2Sc2c(cccc2[Si](C)(c2ccccc2)c2ccc3c(c2)-c2ccccc2-c2cnc(-[n+]4c5ccccc5n5c6ccccc6[nH]c54)nc2-c2ccccc2-3)C1(C)C. The highest BCUT2D eigenvalue weighted by Crippen LogP contribution is 2.54. The lowest BCUT2D eigenvalue weighted by Gasteiger charge is -2.43. The third kappa shape index (κ3) is 5.65. The van der Waals surface area contributed by atoms with Gasteiger partial charge in [0.1, 0.15) is 35.8 Å². The average molecular weight is 899 g/mol. The molecule has 0 amide bonds. The van der Waals surface area contributed by atoms with Crippen LogP contribution < -0.4 is 20.1 Å². The molecule has 8 aromatic carbocycles. The van der Waals surface area contributed by atoms with Crippen molar-refractivity contribution < 1.29 is 4.57 Å². The van der Waals surface area contributed by atoms with Gasteiger partial charge >= 0.3 is 11.7 Å². The number of hydrogen-bond acceptors (Lipinski definition) is 3. The molecule has 0 spiro atoms. The van der Waals surface area contributed by atoms with Gasteiger partial charge in [0.15, 0.2) is 0 Å². The molecule has 1 aliphatic carbocycles. The highest BCUT2D eigenvalue weighted by atomic mass is 32.2. The zero-order valence-electron chi connectivity index (χ0n) is 38.2. The van der Waals surface area contributed by atoms with Crippen molar-refractivity contribution in [2.24, 2.45) is 0 Å². The summed E-state index contributed by atoms with van der Waals surface area (Å²) in [4.78, 5) is 17.3. The van der Waals surface area contributed by atoms with Gasteiger partial charge in [0.2, 0.25) is 0 Å². The maximum atomic E-state index is 5.59. The summed E-state index contributed by atoms with van der Waals surface area (Å²) in [5, 5.41) is 4.22. The van der Waals surface area contributed by atoms with Crippen LogP contribution >= 0.6 is 11.8 Å². The van der Waals surface area contributed by atoms with Crippen LogP contribution in [0.5, 0.6) is 0 Å². The van der Waals surface area contributed by atoms with E-state index in [4.69, 9.17) is 9.97 Å². The molecule has 0 fully saturated rings. The molecule has 0 bridgehead atoms. The molecule has 0 saturated heterocycles. The fourth-order valence-corrected chi connectivity index (χ4v) is 17.2. The van der Waals surface area contributed by atoms with Crippen LogP contribution in [0.25, 0.3) is 78.4 Å². The van der Waals surface area contributed by atoms with Crippen molar-refractivity contribution in [3.05, 3.63) is 205 Å². The summed E-state index contributed by atoms with van der Waals surface area (Å²) in [6.07, 6.45) is 2.05. The van der Waals surface area contributed by atoms with Crippen molar-refractivity contribution >= 4 is 63.2 Å². The van der Waals surface area contributed by atoms with Gasteiger partial charge in [-0.3, -0.25) is 4.98 Å². The van der Waals surface area contributed by atoms with Crippen molar-refractivity contribution in [3.63, 3.8) is 0 Å². The fraction of sp³-hybridized carbons (Fsp3) is 0.117. The van der Waals surface area contributed by atoms with Crippen LogP contribution in [0.4, 0.5) is 0 Å². The van der Waals surface area contributed by atoms with Crippen molar-refractivity contribution in [2.75, 3.05) is 0 Å². The Kier molecular flexibility index (Phi) is 8.71. The third-order valence-corrected chi connectivity index (χ3v) is 21.5. The number of fused-ring (bicyclic) bond motifs is 15. The van der Waals surface area contributed by atoms with Crippen molar-refractivity contribution in [1.82, 2.24) is 19.4 Å². The molecule has 1 atom stereocenters. The maximum absolute atomic E-state index is 5.59. The van der Waals surface area contributed by atoms with E-state index >= 15 is 0 Å². The maximum Gasteiger partial charge on any atom is 0.361 e. The fourth-order valence-electron chi connectivity index (χ4n) is 11.3. The van der Waals surface area contributed by atoms with E-state index in [0.717, 1.165) is 55.8 Å². The van der Waals surface area contributed by atoms with E-state index in [1.54, 1.807) is 0 Å². The lowest BCUT2D eigenvalue weighted by molar-refractivity contribution is -0.549. The van der Waals surface area contributed by atoms with Crippen LogP contribution in [0.2, 0.25) is 6.55 Å². The first-order valence-electron chi connectivity index (χ1n) is 23.2. The Morgan fingerprint density at radius 1 is 0.537 bits per heavy atom. The Morgan fingerprint density at radius 3 is 1.96 bits per heavy atom. The van der Waals surface area contributed by atoms with Crippen LogP contribution in [0, 0.1) is 0 Å². The Balaban J connectivity index is 1.04. The summed E-state index contributed by atoms with van der Waals surface area (Å²) in [5.74, 6) is 1.53. The third-order valence-electron chi connectivity index (χ3n) is 15.6. The number of aromatic amines is 1. The number of para-hydroxylation sites is 4. The molecule has 0 radical (unpaired) electrons. The minimum atomic E-state index is -2.73. The van der Waals surface area contributed by atoms with E-state index < -0.39 is 8.07 Å². The predicted octanol–water partition coefficient (Wildman–Crippen LogP) is 12.4. The van der Waals surface area contributed by atoms with Gasteiger partial charge in [-0.05, 0) is 95.7 Å². The molecule has 7 heteroatoms. The minimum absolute atomic E-state index is 0.0942. The lowest BCUT2D eigenvalue weighted by atomic mass is 9.61. The first-order chi connectivity index (χ1) is 32.6. The van der Waals surface area contributed by atoms with Crippen molar-refractivity contribution in [3.8, 4) is 50.6 Å². The Morgan fingerprint density at radius 2 is 1.15 bits per heavy atom. The summed E-state index contributed by atoms with van der Waals surface area (Å²) >= 11 is 1.97. The summed E-state index contributed by atoms with van der Waals surface area (Å²) in [6, 6.07) is 69.6. The molecule has 1 unspecified atom stereocenters. The standard InChI is InChI=1S/C60H47N5SSi/c1-59(2)47-26-13-18-32-53(47)66-56-48(60(59,3)4)27-19-33-54(56)67(5,38-20-7-6-8-21-38)39-34-35-43-40-22-11-12-25-44(40)55-46(42-24-10-9-23-41(42)45(43)36-39)37-61-57(63-55)65-52-31-17-16-30-51(52)64-50-29-15-14-28-49(50)62-58(64)65/h6-37H,1-5H3/p+1. The first-order valence-corrected chi connectivity index (χ1v) is 26.6. The van der Waals surface area contributed by atoms with Gasteiger partial charge in [-0.15, -0.1) is 9.97 Å². The number of H-pyrrole nitrogens is 1. The second-order valence-corrected chi connectivity index (χ2v) is 24.4. The van der Waals surface area contributed by atoms with E-state index in [-0.39, 0.29) is 10.8 Å². The smallest absolute Gasteiger partial charge is 0.274 e. The first kappa shape index (κ1) is 40.0. The molecule has 13 rings (SSSR count). The van der Waals surface area contributed by atoms with Crippen LogP contribution in [0.3, 0.4) is 0 Å². The average Bonchev–Trinajstić information content (AvgIpc) is 3.88. The lowest BCUT2D eigenvalue weighted by Crippen LogP contribution is -2.65. The largest absolute Gasteiger partial charge is 0.361 e. The second kappa shape index (κ2) is 14.6. The summed E-state index contributed by atoms with van der Waals surface area (Å²) < 4.78 is 4.45. The highest BCUT2D eigenvalue weighted by molar-refractivity contribution is 7.99. The zero-order chi connectivity index (χ0) is 45.2. The van der Waals surface area contributed by atoms with E-state index in [1.807, 2.05) is 11.8 Å². The van der Waals surface area contributed by atoms with E-state index in [0.29, 0.717) is 5.95 Å². The Bertz CT molecular complexity index is 3820. The zero-order valence-corrected chi connectivity index (χ0v) is 40.0. The minimum Gasteiger partial charge on any atom is -0.274 e. The number of rotatable bonds is 4. The number of aromatic nitrogens is 5. The summed E-state index contributed by atoms with van der Waals surface area (Å²) in [7, 11) is -2.73. The van der Waals surface area contributed by atoms with Gasteiger partial charge < -0.3 is 0 Å². The molecule has 3 aromatic heterocycles. The van der Waals surface area contributed by atoms with E-state index in [9.17, 15) is 0 Å². The van der Waals surface area contributed by atoms with Crippen LogP contribution in [0.15, 0.2) is 204 Å². The normalized spacial score (nSPS) is 15.2. The number of nitrogens with zero attached hydrogens (tertiary/aromatic N) is 4. The number of benzene rings is 8. The molecule has 11 aromatic rings. The van der Waals surface area contributed by atoms with E-state index in [1.165, 1.54) is 53.2 Å². The van der Waals surface area contributed by atoms with Gasteiger partial charge in [-0.25, -0.2) is 4.40 Å². The molecular formula is C60H48N5SSi+. The Labute approximate surface area is 395 Å². The number of nitrogens with one attached hydrogen (secondary N) is 1. The van der Waals surface area contributed by atoms with Gasteiger partial charge in [0, 0.05) is 20.9 Å². The monoisotopic (exact) mass is 898 g/mol. The molecule has 2 aliphatic rings. The van der Waals surface area contributed by atoms with Crippen LogP contribution in [-0.4, -0.2) is 27.4 Å². The molecule has 67 heavy (non-hydrogen) atoms. The molecule has 0 saturated carbocycles. The molecule has 1 aliphatic heterocycles. The molecule has 322 valence electrons. The predicted molar refractivity (Wildman–Crippen MR) is 279 cm³/mol. The van der Waals surface area contributed by atoms with Gasteiger partial charge in [-0.1, -0.05) is 204 Å². The van der Waals surface area contributed by atoms with Crippen LogP contribution in [-0.2, 0) is 10.8 Å². The van der Waals surface area contributed by atoms with Gasteiger partial charge in [-0.2, -0.15) is 4.57 Å². The topological polar surface area (TPSA) is 49.9 Å². The molecule has 1 N–H and O–H groups in total. The number of imidazole rings is 2. The van der Waals surface area contributed by atoms with E-state index in [2.05, 4.69) is 242 Å². The molecular weight excluding hydrogens is 851 g/mol. The molecule has 5 nitrogen and oxygen atoms in total. The van der Waals surface area contributed by atoms with Crippen LogP contribution in [0.1, 0.15) is 38.8 Å². The van der Waals surface area contributed by atoms with Gasteiger partial charge in [0.25, 0.3) is 0 Å². The summed E-state index contributed by atoms with van der Waals surface area (Å²) in [5.41, 5.74) is 15.8. The molecule has 4 heterocycles. The quantitative estimate of drug-likeness (QED) is 0.109. The summed E-state index contributed by atoms with van der Waals surface area (Å²) in [6.45, 7) is 12.3. The van der Waals surface area contributed by atoms with Crippen molar-refractivity contribution in [1.29, 1.82) is 0 Å². The van der Waals surface area contributed by atoms with Gasteiger partial charge in [0.05, 0.1) is 6.20 Å². The second-order valence-electron chi connectivity index (χ2n) is 19.4. The number of hydrogen-bond donors (Lipinski definition) is 1. The van der Waals surface area contributed by atoms with Crippen molar-refractivity contribution in [2.45, 2.75) is 54.9 Å².